The summed E-state index contributed by atoms with van der Waals surface area (Å²) < 4.78 is 13.7. The Hall–Kier alpha value is -7.39. The van der Waals surface area contributed by atoms with E-state index in [2.05, 4.69) is 31.5 Å². The average molecular weight is 968 g/mol. The number of carbonyl (C=O) groups excluding carboxylic acids is 7. The number of nitrogens with one attached hydrogen (secondary N) is 3. The standard InChI is InChI=1S/C47H54ClN11O10/c1-46(2,3)68-43(65)38-25-30-24-33(12-14-34(30)59(38)45(67)69-47(4,5)6)51-40(62)37(57-21-20-56(41(63)42(57)64)36-26-31(48)9-13-35(36)58-27-50-53-54-58)23-28-7-10-32(11-8-28)52-44(66)55-18-15-29(16-19-55)39(61)49-17-22-60/h7-14,24-27,29,37,60H,15-23H2,1-6H3,(H,49,61)(H,51,62)(H,52,66)/t37-/m0/s1. The number of halogens is 1. The highest BCUT2D eigenvalue weighted by Gasteiger charge is 2.41. The number of aromatic nitrogens is 5. The number of esters is 1. The minimum Gasteiger partial charge on any atom is -0.455 e. The molecule has 364 valence electrons. The fourth-order valence-electron chi connectivity index (χ4n) is 8.02. The number of piperazine rings is 1. The molecule has 4 heterocycles. The average Bonchev–Trinajstić information content (AvgIpc) is 3.97. The third-order valence-electron chi connectivity index (χ3n) is 11.2. The number of nitrogens with zero attached hydrogens (tertiary/aromatic N) is 8. The van der Waals surface area contributed by atoms with Crippen LogP contribution in [-0.4, -0.2) is 138 Å². The van der Waals surface area contributed by atoms with Gasteiger partial charge in [-0.1, -0.05) is 23.7 Å². The van der Waals surface area contributed by atoms with Crippen LogP contribution in [0.15, 0.2) is 73.1 Å². The second-order valence-corrected chi connectivity index (χ2v) is 19.0. The van der Waals surface area contributed by atoms with E-state index in [1.165, 1.54) is 39.0 Å². The number of piperidine rings is 1. The van der Waals surface area contributed by atoms with Crippen LogP contribution >= 0.6 is 11.6 Å². The van der Waals surface area contributed by atoms with E-state index in [-0.39, 0.29) is 67.6 Å². The second kappa shape index (κ2) is 20.5. The van der Waals surface area contributed by atoms with Crippen molar-refractivity contribution in [2.45, 2.75) is 78.0 Å². The van der Waals surface area contributed by atoms with Crippen LogP contribution in [0.3, 0.4) is 0 Å². The molecule has 0 saturated carbocycles. The Labute approximate surface area is 402 Å². The van der Waals surface area contributed by atoms with Crippen LogP contribution in [0.25, 0.3) is 16.6 Å². The number of rotatable bonds is 12. The molecule has 7 rings (SSSR count). The van der Waals surface area contributed by atoms with Gasteiger partial charge in [-0.25, -0.2) is 19.0 Å². The molecule has 21 nitrogen and oxygen atoms in total. The van der Waals surface area contributed by atoms with Crippen molar-refractivity contribution in [3.8, 4) is 5.69 Å². The first-order valence-corrected chi connectivity index (χ1v) is 22.7. The van der Waals surface area contributed by atoms with E-state index in [4.69, 9.17) is 26.2 Å². The van der Waals surface area contributed by atoms with Crippen molar-refractivity contribution in [2.24, 2.45) is 5.92 Å². The van der Waals surface area contributed by atoms with Gasteiger partial charge in [0, 0.05) is 66.8 Å². The molecule has 2 saturated heterocycles. The number of benzene rings is 3. The van der Waals surface area contributed by atoms with Crippen LogP contribution in [0.1, 0.15) is 70.4 Å². The van der Waals surface area contributed by atoms with Gasteiger partial charge in [0.2, 0.25) is 11.8 Å². The highest BCUT2D eigenvalue weighted by Crippen LogP contribution is 2.31. The van der Waals surface area contributed by atoms with Gasteiger partial charge in [0.15, 0.2) is 0 Å². The van der Waals surface area contributed by atoms with Crippen molar-refractivity contribution in [3.05, 3.63) is 89.3 Å². The number of urea groups is 1. The van der Waals surface area contributed by atoms with E-state index < -0.39 is 47.0 Å². The Morgan fingerprint density at radius 2 is 1.51 bits per heavy atom. The maximum absolute atomic E-state index is 14.6. The predicted molar refractivity (Wildman–Crippen MR) is 253 cm³/mol. The van der Waals surface area contributed by atoms with E-state index in [1.807, 2.05) is 0 Å². The molecule has 0 spiro atoms. The quantitative estimate of drug-likeness (QED) is 0.0971. The van der Waals surface area contributed by atoms with Gasteiger partial charge in [-0.05, 0) is 125 Å². The Bertz CT molecular complexity index is 2760. The summed E-state index contributed by atoms with van der Waals surface area (Å²) >= 11 is 6.37. The number of carbonyl (C=O) groups is 7. The first-order chi connectivity index (χ1) is 32.7. The minimum atomic E-state index is -1.25. The number of fused-ring (bicyclic) bond motifs is 1. The lowest BCUT2D eigenvalue weighted by Crippen LogP contribution is -2.60. The molecule has 2 aromatic heterocycles. The van der Waals surface area contributed by atoms with Crippen LogP contribution in [-0.2, 0) is 35.1 Å². The molecule has 0 unspecified atom stereocenters. The number of ether oxygens (including phenoxy) is 2. The summed E-state index contributed by atoms with van der Waals surface area (Å²) in [6.45, 7) is 10.8. The molecule has 2 fully saturated rings. The zero-order chi connectivity index (χ0) is 49.8. The first kappa shape index (κ1) is 49.5. The normalized spacial score (nSPS) is 15.2. The highest BCUT2D eigenvalue weighted by molar-refractivity contribution is 6.41. The fourth-order valence-corrected chi connectivity index (χ4v) is 8.19. The van der Waals surface area contributed by atoms with Crippen LogP contribution < -0.4 is 20.9 Å². The zero-order valence-corrected chi connectivity index (χ0v) is 39.8. The monoisotopic (exact) mass is 967 g/mol. The number of hydrogen-bond acceptors (Lipinski definition) is 13. The smallest absolute Gasteiger partial charge is 0.419 e. The molecule has 3 aromatic carbocycles. The number of tetrazole rings is 1. The summed E-state index contributed by atoms with van der Waals surface area (Å²) in [6, 6.07) is 15.9. The molecular weight excluding hydrogens is 914 g/mol. The predicted octanol–water partition coefficient (Wildman–Crippen LogP) is 4.79. The number of aliphatic hydroxyl groups is 1. The highest BCUT2D eigenvalue weighted by atomic mass is 35.5. The van der Waals surface area contributed by atoms with Crippen LogP contribution in [0.2, 0.25) is 5.02 Å². The Morgan fingerprint density at radius 3 is 2.16 bits per heavy atom. The maximum Gasteiger partial charge on any atom is 0.419 e. The Morgan fingerprint density at radius 1 is 0.812 bits per heavy atom. The van der Waals surface area contributed by atoms with E-state index in [9.17, 15) is 33.6 Å². The SMILES string of the molecule is CC(C)(C)OC(=O)c1cc2cc(NC(=O)[C@H](Cc3ccc(NC(=O)N4CCC(C(=O)NCCO)CC4)cc3)N3CCN(c4cc(Cl)ccc4-n4cnnn4)C(=O)C3=O)ccc2n1C(=O)OC(C)(C)C. The number of amides is 6. The van der Waals surface area contributed by atoms with Gasteiger partial charge in [-0.3, -0.25) is 19.2 Å². The van der Waals surface area contributed by atoms with Gasteiger partial charge in [-0.2, -0.15) is 4.68 Å². The van der Waals surface area contributed by atoms with Gasteiger partial charge in [0.05, 0.1) is 23.5 Å². The summed E-state index contributed by atoms with van der Waals surface area (Å²) in [7, 11) is 0. The van der Waals surface area contributed by atoms with E-state index >= 15 is 0 Å². The lowest BCUT2D eigenvalue weighted by atomic mass is 9.96. The molecule has 0 bridgehead atoms. The lowest BCUT2D eigenvalue weighted by molar-refractivity contribution is -0.149. The number of likely N-dealkylation sites (tertiary alicyclic amines) is 1. The van der Waals surface area contributed by atoms with Gasteiger partial charge >= 0.3 is 29.9 Å². The first-order valence-electron chi connectivity index (χ1n) is 22.3. The second-order valence-electron chi connectivity index (χ2n) is 18.6. The number of aliphatic hydroxyl groups excluding tert-OH is 1. The van der Waals surface area contributed by atoms with Crippen molar-refractivity contribution in [1.82, 2.24) is 39.9 Å². The molecular formula is C47H54ClN11O10. The number of anilines is 3. The molecule has 22 heteroatoms. The van der Waals surface area contributed by atoms with Gasteiger partial charge < -0.3 is 45.2 Å². The summed E-state index contributed by atoms with van der Waals surface area (Å²) in [5.41, 5.74) is 0.399. The largest absolute Gasteiger partial charge is 0.455 e. The van der Waals surface area contributed by atoms with Gasteiger partial charge in [0.1, 0.15) is 29.3 Å². The van der Waals surface area contributed by atoms with Gasteiger partial charge in [-0.15, -0.1) is 5.10 Å². The maximum atomic E-state index is 14.6. The zero-order valence-electron chi connectivity index (χ0n) is 39.0. The number of hydrogen-bond donors (Lipinski definition) is 4. The lowest BCUT2D eigenvalue weighted by Gasteiger charge is -2.38. The molecule has 0 aliphatic carbocycles. The van der Waals surface area contributed by atoms with Gasteiger partial charge in [0.25, 0.3) is 0 Å². The molecule has 2 aliphatic heterocycles. The molecule has 2 aliphatic rings. The van der Waals surface area contributed by atoms with Crippen LogP contribution in [0.5, 0.6) is 0 Å². The van der Waals surface area contributed by atoms with Crippen LogP contribution in [0.4, 0.5) is 26.7 Å². The van der Waals surface area contributed by atoms with E-state index in [1.54, 1.807) is 95.0 Å². The Balaban J connectivity index is 1.14. The third kappa shape index (κ3) is 11.8. The topological polar surface area (TPSA) is 253 Å². The molecule has 4 N–H and O–H groups in total. The molecule has 0 radical (unpaired) electrons. The Kier molecular flexibility index (Phi) is 14.7. The van der Waals surface area contributed by atoms with Crippen molar-refractivity contribution in [2.75, 3.05) is 54.9 Å². The summed E-state index contributed by atoms with van der Waals surface area (Å²) in [5, 5.41) is 29.4. The van der Waals surface area contributed by atoms with Crippen molar-refractivity contribution in [1.29, 1.82) is 0 Å². The van der Waals surface area contributed by atoms with E-state index in [0.29, 0.717) is 58.8 Å². The van der Waals surface area contributed by atoms with E-state index in [0.717, 1.165) is 4.57 Å². The molecule has 5 aromatic rings. The fraction of sp³-hybridized carbons (Fsp3) is 0.404. The van der Waals surface area contributed by atoms with Crippen molar-refractivity contribution in [3.63, 3.8) is 0 Å². The van der Waals surface area contributed by atoms with Crippen LogP contribution in [0, 0.1) is 5.92 Å². The van der Waals surface area contributed by atoms with Crippen molar-refractivity contribution < 1.29 is 48.1 Å². The summed E-state index contributed by atoms with van der Waals surface area (Å²) in [4.78, 5) is 99.6. The molecule has 69 heavy (non-hydrogen) atoms. The van der Waals surface area contributed by atoms with Crippen molar-refractivity contribution >= 4 is 81.3 Å². The summed E-state index contributed by atoms with van der Waals surface area (Å²) in [6.07, 6.45) is 1.41. The molecule has 6 amide bonds. The summed E-state index contributed by atoms with van der Waals surface area (Å²) in [5.74, 6) is -3.72. The molecule has 1 atom stereocenters. The minimum absolute atomic E-state index is 0.0308. The third-order valence-corrected chi connectivity index (χ3v) is 11.4.